The monoisotopic (exact) mass is 261 g/mol. The van der Waals surface area contributed by atoms with Crippen LogP contribution in [-0.2, 0) is 4.74 Å². The Kier molecular flexibility index (Phi) is 4.52. The minimum absolute atomic E-state index is 0.0682. The van der Waals surface area contributed by atoms with E-state index >= 15 is 0 Å². The highest BCUT2D eigenvalue weighted by Gasteiger charge is 2.14. The maximum atomic E-state index is 12.0. The number of hydrogen-bond acceptors (Lipinski definition) is 4. The molecule has 0 unspecified atom stereocenters. The summed E-state index contributed by atoms with van der Waals surface area (Å²) in [5.74, 6) is -0.178. The number of carbonyl (C=O) groups excluding carboxylic acids is 1. The molecule has 102 valence electrons. The van der Waals surface area contributed by atoms with E-state index in [1.54, 1.807) is 12.3 Å². The van der Waals surface area contributed by atoms with Gasteiger partial charge in [-0.25, -0.2) is 0 Å². The summed E-state index contributed by atoms with van der Waals surface area (Å²) in [5, 5.41) is 2.81. The molecule has 1 saturated heterocycles. The van der Waals surface area contributed by atoms with Crippen LogP contribution in [0.25, 0.3) is 0 Å². The molecule has 0 aliphatic carbocycles. The number of amides is 1. The lowest BCUT2D eigenvalue weighted by Crippen LogP contribution is -2.36. The van der Waals surface area contributed by atoms with Crippen molar-refractivity contribution in [2.24, 2.45) is 0 Å². The van der Waals surface area contributed by atoms with E-state index in [4.69, 9.17) is 4.74 Å². The Bertz CT molecular complexity index is 456. The minimum Gasteiger partial charge on any atom is -0.378 e. The summed E-state index contributed by atoms with van der Waals surface area (Å²) >= 11 is 0. The third kappa shape index (κ3) is 3.54. The number of rotatable bonds is 4. The van der Waals surface area contributed by atoms with E-state index in [2.05, 4.69) is 21.8 Å². The lowest BCUT2D eigenvalue weighted by Gasteiger charge is -2.28. The van der Waals surface area contributed by atoms with Crippen LogP contribution in [0, 0.1) is 0 Å². The molecule has 1 N–H and O–H groups in total. The van der Waals surface area contributed by atoms with Crippen molar-refractivity contribution in [3.63, 3.8) is 0 Å². The van der Waals surface area contributed by atoms with E-state index in [9.17, 15) is 4.79 Å². The highest BCUT2D eigenvalue weighted by Crippen LogP contribution is 2.16. The SMILES string of the molecule is C=C[C@H](C)NC(=O)c1cc(N2CCOCC2)ccn1. The summed E-state index contributed by atoms with van der Waals surface area (Å²) in [6, 6.07) is 3.66. The van der Waals surface area contributed by atoms with Crippen LogP contribution in [0.4, 0.5) is 5.69 Å². The van der Waals surface area contributed by atoms with Crippen molar-refractivity contribution >= 4 is 11.6 Å². The number of pyridine rings is 1. The number of ether oxygens (including phenoxy) is 1. The van der Waals surface area contributed by atoms with Crippen LogP contribution in [-0.4, -0.2) is 43.2 Å². The molecule has 0 aromatic carbocycles. The third-order valence-electron chi connectivity index (χ3n) is 3.06. The molecule has 1 aromatic heterocycles. The van der Waals surface area contributed by atoms with Gasteiger partial charge in [0.1, 0.15) is 5.69 Å². The highest BCUT2D eigenvalue weighted by atomic mass is 16.5. The van der Waals surface area contributed by atoms with Gasteiger partial charge in [0, 0.05) is 31.0 Å². The smallest absolute Gasteiger partial charge is 0.270 e. The fraction of sp³-hybridized carbons (Fsp3) is 0.429. The first kappa shape index (κ1) is 13.5. The molecule has 0 saturated carbocycles. The van der Waals surface area contributed by atoms with Gasteiger partial charge in [0.25, 0.3) is 5.91 Å². The van der Waals surface area contributed by atoms with Gasteiger partial charge in [0.15, 0.2) is 0 Å². The predicted molar refractivity (Wildman–Crippen MR) is 74.4 cm³/mol. The van der Waals surface area contributed by atoms with E-state index in [1.165, 1.54) is 0 Å². The molecule has 5 nitrogen and oxygen atoms in total. The Morgan fingerprint density at radius 1 is 1.58 bits per heavy atom. The molecule has 5 heteroatoms. The molecule has 1 aromatic rings. The van der Waals surface area contributed by atoms with Crippen LogP contribution in [0.3, 0.4) is 0 Å². The molecule has 2 heterocycles. The van der Waals surface area contributed by atoms with Crippen molar-refractivity contribution in [1.82, 2.24) is 10.3 Å². The first-order valence-electron chi connectivity index (χ1n) is 6.43. The van der Waals surface area contributed by atoms with E-state index in [-0.39, 0.29) is 11.9 Å². The Hall–Kier alpha value is -1.88. The Balaban J connectivity index is 2.09. The van der Waals surface area contributed by atoms with Gasteiger partial charge in [-0.3, -0.25) is 9.78 Å². The van der Waals surface area contributed by atoms with Gasteiger partial charge in [0.05, 0.1) is 13.2 Å². The Labute approximate surface area is 113 Å². The topological polar surface area (TPSA) is 54.5 Å². The quantitative estimate of drug-likeness (QED) is 0.828. The maximum Gasteiger partial charge on any atom is 0.270 e. The number of carbonyl (C=O) groups is 1. The predicted octanol–water partition coefficient (Wildman–Crippen LogP) is 1.22. The summed E-state index contributed by atoms with van der Waals surface area (Å²) in [5.41, 5.74) is 1.44. The van der Waals surface area contributed by atoms with Crippen LogP contribution in [0.2, 0.25) is 0 Å². The third-order valence-corrected chi connectivity index (χ3v) is 3.06. The second-order valence-corrected chi connectivity index (χ2v) is 4.50. The molecular weight excluding hydrogens is 242 g/mol. The number of nitrogens with zero attached hydrogens (tertiary/aromatic N) is 2. The number of aromatic nitrogens is 1. The van der Waals surface area contributed by atoms with E-state index in [0.717, 1.165) is 32.0 Å². The molecule has 1 aliphatic heterocycles. The first-order chi connectivity index (χ1) is 9.20. The lowest BCUT2D eigenvalue weighted by molar-refractivity contribution is 0.0942. The molecule has 0 spiro atoms. The summed E-state index contributed by atoms with van der Waals surface area (Å²) < 4.78 is 5.32. The lowest BCUT2D eigenvalue weighted by atomic mass is 10.2. The van der Waals surface area contributed by atoms with Gasteiger partial charge >= 0.3 is 0 Å². The minimum atomic E-state index is -0.178. The Morgan fingerprint density at radius 3 is 3.00 bits per heavy atom. The first-order valence-corrected chi connectivity index (χ1v) is 6.43. The average molecular weight is 261 g/mol. The fourth-order valence-corrected chi connectivity index (χ4v) is 1.90. The normalized spacial score (nSPS) is 16.8. The zero-order valence-electron chi connectivity index (χ0n) is 11.1. The van der Waals surface area contributed by atoms with E-state index in [1.807, 2.05) is 19.1 Å². The van der Waals surface area contributed by atoms with Gasteiger partial charge < -0.3 is 15.0 Å². The van der Waals surface area contributed by atoms with Crippen LogP contribution >= 0.6 is 0 Å². The van der Waals surface area contributed by atoms with Gasteiger partial charge in [0.2, 0.25) is 0 Å². The molecular formula is C14H19N3O2. The molecule has 1 amide bonds. The summed E-state index contributed by atoms with van der Waals surface area (Å²) in [6.45, 7) is 8.63. The second-order valence-electron chi connectivity index (χ2n) is 4.50. The molecule has 0 bridgehead atoms. The summed E-state index contributed by atoms with van der Waals surface area (Å²) in [7, 11) is 0. The van der Waals surface area contributed by atoms with Crippen molar-refractivity contribution in [3.8, 4) is 0 Å². The molecule has 2 rings (SSSR count). The highest BCUT2D eigenvalue weighted by molar-refractivity contribution is 5.93. The zero-order valence-corrected chi connectivity index (χ0v) is 11.1. The summed E-state index contributed by atoms with van der Waals surface area (Å²) in [4.78, 5) is 18.3. The van der Waals surface area contributed by atoms with Crippen molar-refractivity contribution < 1.29 is 9.53 Å². The molecule has 0 radical (unpaired) electrons. The van der Waals surface area contributed by atoms with Gasteiger partial charge in [-0.05, 0) is 19.1 Å². The zero-order chi connectivity index (χ0) is 13.7. The number of anilines is 1. The van der Waals surface area contributed by atoms with Crippen molar-refractivity contribution in [1.29, 1.82) is 0 Å². The number of hydrogen-bond donors (Lipinski definition) is 1. The largest absolute Gasteiger partial charge is 0.378 e. The van der Waals surface area contributed by atoms with Crippen molar-refractivity contribution in [2.75, 3.05) is 31.2 Å². The van der Waals surface area contributed by atoms with E-state index in [0.29, 0.717) is 5.69 Å². The maximum absolute atomic E-state index is 12.0. The molecule has 19 heavy (non-hydrogen) atoms. The van der Waals surface area contributed by atoms with Gasteiger partial charge in [-0.2, -0.15) is 0 Å². The van der Waals surface area contributed by atoms with Crippen molar-refractivity contribution in [2.45, 2.75) is 13.0 Å². The Morgan fingerprint density at radius 2 is 2.32 bits per heavy atom. The fourth-order valence-electron chi connectivity index (χ4n) is 1.90. The van der Waals surface area contributed by atoms with Crippen LogP contribution < -0.4 is 10.2 Å². The standard InChI is InChI=1S/C14H19N3O2/c1-3-11(2)16-14(18)13-10-12(4-5-15-13)17-6-8-19-9-7-17/h3-5,10-11H,1,6-9H2,2H3,(H,16,18)/t11-/m0/s1. The molecule has 1 aliphatic rings. The second kappa shape index (κ2) is 6.33. The number of nitrogens with one attached hydrogen (secondary N) is 1. The average Bonchev–Trinajstić information content (AvgIpc) is 2.48. The van der Waals surface area contributed by atoms with Crippen molar-refractivity contribution in [3.05, 3.63) is 36.7 Å². The molecule has 1 fully saturated rings. The van der Waals surface area contributed by atoms with Crippen LogP contribution in [0.1, 0.15) is 17.4 Å². The van der Waals surface area contributed by atoms with Gasteiger partial charge in [-0.1, -0.05) is 6.08 Å². The van der Waals surface area contributed by atoms with Crippen LogP contribution in [0.5, 0.6) is 0 Å². The van der Waals surface area contributed by atoms with E-state index < -0.39 is 0 Å². The van der Waals surface area contributed by atoms with Crippen LogP contribution in [0.15, 0.2) is 31.0 Å². The number of morpholine rings is 1. The molecule has 1 atom stereocenters. The summed E-state index contributed by atoms with van der Waals surface area (Å²) in [6.07, 6.45) is 3.35. The van der Waals surface area contributed by atoms with Gasteiger partial charge in [-0.15, -0.1) is 6.58 Å².